The molecule has 1 amide bonds. The average molecular weight is 400 g/mol. The molecule has 1 aliphatic rings. The number of carbonyl (C=O) groups is 1. The van der Waals surface area contributed by atoms with Gasteiger partial charge in [-0.15, -0.1) is 11.8 Å². The first-order valence-electron chi connectivity index (χ1n) is 8.62. The van der Waals surface area contributed by atoms with E-state index in [0.717, 1.165) is 11.1 Å². The van der Waals surface area contributed by atoms with Crippen molar-refractivity contribution in [2.75, 3.05) is 12.8 Å². The highest BCUT2D eigenvalue weighted by Gasteiger charge is 2.34. The van der Waals surface area contributed by atoms with Crippen molar-refractivity contribution in [2.24, 2.45) is 0 Å². The zero-order valence-corrected chi connectivity index (χ0v) is 16.3. The van der Waals surface area contributed by atoms with Crippen LogP contribution in [0.15, 0.2) is 57.9 Å². The summed E-state index contributed by atoms with van der Waals surface area (Å²) in [6.07, 6.45) is 2.42. The van der Waals surface area contributed by atoms with E-state index in [2.05, 4.69) is 10.1 Å². The molecule has 0 radical (unpaired) electrons. The Balaban J connectivity index is 1.46. The number of thioether (sulfide) groups is 1. The highest BCUT2D eigenvalue weighted by atomic mass is 35.5. The largest absolute Gasteiger partial charge is 0.339 e. The van der Waals surface area contributed by atoms with Gasteiger partial charge in [0.2, 0.25) is 17.6 Å². The van der Waals surface area contributed by atoms with Gasteiger partial charge in [0.25, 0.3) is 0 Å². The predicted octanol–water partition coefficient (Wildman–Crippen LogP) is 4.63. The quantitative estimate of drug-likeness (QED) is 0.585. The Labute approximate surface area is 166 Å². The Morgan fingerprint density at radius 2 is 2.07 bits per heavy atom. The van der Waals surface area contributed by atoms with Crippen molar-refractivity contribution in [3.8, 4) is 11.4 Å². The maximum absolute atomic E-state index is 12.4. The molecular weight excluding hydrogens is 382 g/mol. The van der Waals surface area contributed by atoms with E-state index in [9.17, 15) is 4.79 Å². The first-order valence-corrected chi connectivity index (χ1v) is 10.2. The molecule has 1 unspecified atom stereocenters. The third kappa shape index (κ3) is 4.01. The molecule has 3 aromatic rings. The van der Waals surface area contributed by atoms with E-state index in [1.165, 1.54) is 4.90 Å². The van der Waals surface area contributed by atoms with Crippen LogP contribution in [0.5, 0.6) is 0 Å². The molecule has 1 aliphatic heterocycles. The van der Waals surface area contributed by atoms with Gasteiger partial charge in [0.1, 0.15) is 0 Å². The van der Waals surface area contributed by atoms with Crippen LogP contribution in [0.3, 0.4) is 0 Å². The number of aromatic nitrogens is 2. The second kappa shape index (κ2) is 7.74. The molecule has 2 heterocycles. The van der Waals surface area contributed by atoms with Crippen molar-refractivity contribution < 1.29 is 9.32 Å². The van der Waals surface area contributed by atoms with E-state index in [1.54, 1.807) is 11.8 Å². The van der Waals surface area contributed by atoms with Gasteiger partial charge in [-0.25, -0.2) is 0 Å². The van der Waals surface area contributed by atoms with E-state index in [-0.39, 0.29) is 11.8 Å². The maximum Gasteiger partial charge on any atom is 0.232 e. The molecule has 7 heteroatoms. The maximum atomic E-state index is 12.4. The molecule has 0 saturated carbocycles. The molecule has 27 heavy (non-hydrogen) atoms. The van der Waals surface area contributed by atoms with Crippen LogP contribution in [0.1, 0.15) is 23.8 Å². The Kier molecular flexibility index (Phi) is 5.18. The zero-order valence-electron chi connectivity index (χ0n) is 14.8. The molecule has 138 valence electrons. The van der Waals surface area contributed by atoms with Crippen LogP contribution < -0.4 is 0 Å². The Morgan fingerprint density at radius 3 is 2.81 bits per heavy atom. The number of rotatable bonds is 5. The summed E-state index contributed by atoms with van der Waals surface area (Å²) in [5, 5.41) is 4.76. The molecule has 1 aromatic heterocycles. The van der Waals surface area contributed by atoms with Crippen molar-refractivity contribution in [1.29, 1.82) is 0 Å². The van der Waals surface area contributed by atoms with E-state index < -0.39 is 0 Å². The van der Waals surface area contributed by atoms with Gasteiger partial charge in [-0.3, -0.25) is 4.79 Å². The SMILES string of the molecule is CSc1ccc(-c2noc(C3CC(=O)N(Cc4cccc(Cl)c4)C3)n2)cc1. The summed E-state index contributed by atoms with van der Waals surface area (Å²) < 4.78 is 5.46. The number of benzene rings is 2. The number of hydrogen-bond donors (Lipinski definition) is 0. The molecule has 0 aliphatic carbocycles. The minimum Gasteiger partial charge on any atom is -0.339 e. The van der Waals surface area contributed by atoms with Gasteiger partial charge in [0, 0.05) is 35.0 Å². The summed E-state index contributed by atoms with van der Waals surface area (Å²) >= 11 is 7.72. The number of likely N-dealkylation sites (tertiary alicyclic amines) is 1. The molecule has 1 saturated heterocycles. The minimum absolute atomic E-state index is 0.0802. The normalized spacial score (nSPS) is 16.9. The second-order valence-corrected chi connectivity index (χ2v) is 7.81. The molecule has 4 rings (SSSR count). The minimum atomic E-state index is -0.0802. The van der Waals surface area contributed by atoms with Gasteiger partial charge in [-0.1, -0.05) is 28.9 Å². The first kappa shape index (κ1) is 18.1. The zero-order chi connectivity index (χ0) is 18.8. The Bertz CT molecular complexity index is 958. The van der Waals surface area contributed by atoms with Gasteiger partial charge in [0.15, 0.2) is 0 Å². The Morgan fingerprint density at radius 1 is 1.26 bits per heavy atom. The molecule has 0 spiro atoms. The topological polar surface area (TPSA) is 59.2 Å². The number of nitrogens with zero attached hydrogens (tertiary/aromatic N) is 3. The van der Waals surface area contributed by atoms with Gasteiger partial charge in [0.05, 0.1) is 5.92 Å². The number of hydrogen-bond acceptors (Lipinski definition) is 5. The summed E-state index contributed by atoms with van der Waals surface area (Å²) in [6, 6.07) is 15.6. The van der Waals surface area contributed by atoms with Crippen molar-refractivity contribution in [3.05, 3.63) is 65.0 Å². The summed E-state index contributed by atoms with van der Waals surface area (Å²) in [6.45, 7) is 1.10. The molecule has 2 aromatic carbocycles. The number of carbonyl (C=O) groups excluding carboxylic acids is 1. The van der Waals surface area contributed by atoms with Gasteiger partial charge in [-0.05, 0) is 48.2 Å². The van der Waals surface area contributed by atoms with Crippen LogP contribution in [0, 0.1) is 0 Å². The monoisotopic (exact) mass is 399 g/mol. The lowest BCUT2D eigenvalue weighted by atomic mass is 10.1. The van der Waals surface area contributed by atoms with Crippen molar-refractivity contribution in [1.82, 2.24) is 15.0 Å². The van der Waals surface area contributed by atoms with Crippen LogP contribution in [-0.2, 0) is 11.3 Å². The van der Waals surface area contributed by atoms with Gasteiger partial charge < -0.3 is 9.42 Å². The fraction of sp³-hybridized carbons (Fsp3) is 0.250. The van der Waals surface area contributed by atoms with Crippen LogP contribution in [-0.4, -0.2) is 33.7 Å². The van der Waals surface area contributed by atoms with Crippen LogP contribution in [0.2, 0.25) is 5.02 Å². The summed E-state index contributed by atoms with van der Waals surface area (Å²) in [5.41, 5.74) is 1.92. The highest BCUT2D eigenvalue weighted by molar-refractivity contribution is 7.98. The lowest BCUT2D eigenvalue weighted by molar-refractivity contribution is -0.128. The van der Waals surface area contributed by atoms with Crippen molar-refractivity contribution in [2.45, 2.75) is 23.8 Å². The van der Waals surface area contributed by atoms with Crippen LogP contribution in [0.25, 0.3) is 11.4 Å². The van der Waals surface area contributed by atoms with E-state index in [0.29, 0.717) is 36.2 Å². The average Bonchev–Trinajstić information content (AvgIpc) is 3.29. The molecule has 0 N–H and O–H groups in total. The lowest BCUT2D eigenvalue weighted by Crippen LogP contribution is -2.24. The Hall–Kier alpha value is -2.31. The van der Waals surface area contributed by atoms with Crippen molar-refractivity contribution in [3.63, 3.8) is 0 Å². The third-order valence-corrected chi connectivity index (χ3v) is 5.59. The fourth-order valence-electron chi connectivity index (χ4n) is 3.20. The predicted molar refractivity (Wildman–Crippen MR) is 106 cm³/mol. The molecule has 5 nitrogen and oxygen atoms in total. The van der Waals surface area contributed by atoms with Gasteiger partial charge in [-0.2, -0.15) is 4.98 Å². The summed E-state index contributed by atoms with van der Waals surface area (Å²) in [7, 11) is 0. The molecule has 1 atom stereocenters. The lowest BCUT2D eigenvalue weighted by Gasteiger charge is -2.16. The smallest absolute Gasteiger partial charge is 0.232 e. The second-order valence-electron chi connectivity index (χ2n) is 6.49. The van der Waals surface area contributed by atoms with Crippen LogP contribution >= 0.6 is 23.4 Å². The van der Waals surface area contributed by atoms with E-state index in [4.69, 9.17) is 16.1 Å². The molecule has 1 fully saturated rings. The molecule has 0 bridgehead atoms. The highest BCUT2D eigenvalue weighted by Crippen LogP contribution is 2.30. The summed E-state index contributed by atoms with van der Waals surface area (Å²) in [5.74, 6) is 1.08. The third-order valence-electron chi connectivity index (χ3n) is 4.62. The van der Waals surface area contributed by atoms with E-state index in [1.807, 2.05) is 59.7 Å². The fourth-order valence-corrected chi connectivity index (χ4v) is 3.83. The summed E-state index contributed by atoms with van der Waals surface area (Å²) in [4.78, 5) is 19.9. The van der Waals surface area contributed by atoms with Crippen LogP contribution in [0.4, 0.5) is 0 Å². The molecular formula is C20H18ClN3O2S. The standard InChI is InChI=1S/C20H18ClN3O2S/c1-27-17-7-5-14(6-8-17)19-22-20(26-23-19)15-10-18(25)24(12-15)11-13-3-2-4-16(21)9-13/h2-9,15H,10-12H2,1H3. The van der Waals surface area contributed by atoms with Gasteiger partial charge >= 0.3 is 0 Å². The first-order chi connectivity index (χ1) is 13.1. The number of halogens is 1. The van der Waals surface area contributed by atoms with E-state index >= 15 is 0 Å². The van der Waals surface area contributed by atoms with Crippen molar-refractivity contribution >= 4 is 29.3 Å². The number of amides is 1.